The third kappa shape index (κ3) is 9.28. The molecular weight excluding hydrogens is 539 g/mol. The van der Waals surface area contributed by atoms with Crippen LogP contribution in [0.2, 0.25) is 0 Å². The molecule has 0 bridgehead atoms. The van der Waals surface area contributed by atoms with Crippen LogP contribution in [0.1, 0.15) is 128 Å². The van der Waals surface area contributed by atoms with Crippen molar-refractivity contribution >= 4 is 13.8 Å². The van der Waals surface area contributed by atoms with Crippen molar-refractivity contribution in [2.45, 2.75) is 129 Å². The summed E-state index contributed by atoms with van der Waals surface area (Å²) >= 11 is 0. The van der Waals surface area contributed by atoms with Gasteiger partial charge in [0.1, 0.15) is 11.5 Å². The number of rotatable bonds is 15. The molecule has 41 heavy (non-hydrogen) atoms. The van der Waals surface area contributed by atoms with Crippen molar-refractivity contribution in [3.63, 3.8) is 0 Å². The number of phenols is 1. The summed E-state index contributed by atoms with van der Waals surface area (Å²) in [4.78, 5) is 24.6. The Kier molecular flexibility index (Phi) is 12.7. The van der Waals surface area contributed by atoms with Crippen LogP contribution in [0.15, 0.2) is 35.9 Å². The number of aromatic hydroxyl groups is 1. The molecule has 1 saturated carbocycles. The fourth-order valence-corrected chi connectivity index (χ4v) is 7.26. The van der Waals surface area contributed by atoms with Crippen molar-refractivity contribution in [3.05, 3.63) is 47.1 Å². The van der Waals surface area contributed by atoms with Gasteiger partial charge in [-0.1, -0.05) is 69.8 Å². The van der Waals surface area contributed by atoms with E-state index >= 15 is 0 Å². The van der Waals surface area contributed by atoms with Crippen LogP contribution in [0.5, 0.6) is 11.5 Å². The molecule has 0 spiro atoms. The highest BCUT2D eigenvalue weighted by Gasteiger charge is 2.48. The molecule has 2 aliphatic rings. The minimum atomic E-state index is -4.50. The standard InChI is InChI=1S/C33H51O7P/c1-6-8-11-15-26-22-29(34)31(28-21-25(5)16-17-27(28)24(3)4)30(23-26)39-32(35)33(18-12-10-13-19-33)40-41(36,37)38-20-14-9-7-2/h21-23,27-28,34H,3,6-20H2,1-2,4-5H3,(H,36,37)/t27-,28+/m0/s1. The average Bonchev–Trinajstić information content (AvgIpc) is 2.91. The summed E-state index contributed by atoms with van der Waals surface area (Å²) in [7, 11) is -4.50. The molecule has 2 N–H and O–H groups in total. The highest BCUT2D eigenvalue weighted by atomic mass is 31.2. The molecule has 8 heteroatoms. The summed E-state index contributed by atoms with van der Waals surface area (Å²) in [6, 6.07) is 3.64. The Morgan fingerprint density at radius 1 is 1.10 bits per heavy atom. The molecule has 1 aromatic carbocycles. The zero-order chi connectivity index (χ0) is 30.0. The number of aryl methyl sites for hydroxylation is 1. The van der Waals surface area contributed by atoms with Crippen LogP contribution in [0.3, 0.4) is 0 Å². The van der Waals surface area contributed by atoms with Gasteiger partial charge in [0.05, 0.1) is 6.61 Å². The van der Waals surface area contributed by atoms with Crippen LogP contribution < -0.4 is 4.74 Å². The molecule has 3 atom stereocenters. The molecule has 0 aromatic heterocycles. The van der Waals surface area contributed by atoms with E-state index in [0.717, 1.165) is 68.9 Å². The molecule has 1 fully saturated rings. The number of unbranched alkanes of at least 4 members (excludes halogenated alkanes) is 4. The summed E-state index contributed by atoms with van der Waals surface area (Å²) in [5, 5.41) is 11.4. The van der Waals surface area contributed by atoms with Crippen LogP contribution >= 0.6 is 7.82 Å². The van der Waals surface area contributed by atoms with Crippen molar-refractivity contribution in [1.29, 1.82) is 0 Å². The van der Waals surface area contributed by atoms with E-state index in [9.17, 15) is 19.4 Å². The van der Waals surface area contributed by atoms with Gasteiger partial charge in [-0.2, -0.15) is 0 Å². The minimum Gasteiger partial charge on any atom is -0.507 e. The third-order valence-corrected chi connectivity index (χ3v) is 9.58. The molecule has 2 aliphatic carbocycles. The van der Waals surface area contributed by atoms with Gasteiger partial charge in [-0.25, -0.2) is 9.36 Å². The molecule has 3 rings (SSSR count). The Morgan fingerprint density at radius 2 is 1.78 bits per heavy atom. The van der Waals surface area contributed by atoms with E-state index in [1.54, 1.807) is 6.07 Å². The number of allylic oxidation sites excluding steroid dienone is 3. The van der Waals surface area contributed by atoms with Gasteiger partial charge >= 0.3 is 13.8 Å². The number of carbonyl (C=O) groups is 1. The number of carbonyl (C=O) groups excluding carboxylic acids is 1. The third-order valence-electron chi connectivity index (χ3n) is 8.49. The van der Waals surface area contributed by atoms with Gasteiger partial charge in [0.2, 0.25) is 0 Å². The maximum Gasteiger partial charge on any atom is 0.473 e. The number of benzene rings is 1. The molecule has 0 aliphatic heterocycles. The molecule has 1 unspecified atom stereocenters. The number of ether oxygens (including phenoxy) is 1. The Labute approximate surface area is 247 Å². The van der Waals surface area contributed by atoms with E-state index in [4.69, 9.17) is 13.8 Å². The zero-order valence-electron chi connectivity index (χ0n) is 25.6. The van der Waals surface area contributed by atoms with Crippen LogP contribution in [-0.4, -0.2) is 28.2 Å². The molecule has 230 valence electrons. The molecular formula is C33H51O7P. The van der Waals surface area contributed by atoms with E-state index in [2.05, 4.69) is 26.5 Å². The van der Waals surface area contributed by atoms with Crippen molar-refractivity contribution < 1.29 is 33.1 Å². The van der Waals surface area contributed by atoms with Crippen molar-refractivity contribution in [3.8, 4) is 11.5 Å². The normalized spacial score (nSPS) is 22.0. The maximum absolute atomic E-state index is 14.0. The Morgan fingerprint density at radius 3 is 2.44 bits per heavy atom. The molecule has 7 nitrogen and oxygen atoms in total. The van der Waals surface area contributed by atoms with Gasteiger partial charge in [-0.05, 0) is 95.2 Å². The van der Waals surface area contributed by atoms with Crippen LogP contribution in [0.4, 0.5) is 0 Å². The monoisotopic (exact) mass is 590 g/mol. The number of phenolic OH excluding ortho intramolecular Hbond substituents is 1. The smallest absolute Gasteiger partial charge is 0.473 e. The van der Waals surface area contributed by atoms with Crippen LogP contribution in [0, 0.1) is 5.92 Å². The number of hydrogen-bond acceptors (Lipinski definition) is 6. The van der Waals surface area contributed by atoms with Gasteiger partial charge in [-0.3, -0.25) is 9.05 Å². The lowest BCUT2D eigenvalue weighted by Gasteiger charge is -2.36. The predicted octanol–water partition coefficient (Wildman–Crippen LogP) is 9.07. The SMILES string of the molecule is C=C(C)[C@@H]1CCC(C)=C[C@H]1c1c(O)cc(CCCCC)cc1OC(=O)C1(OP(=O)(O)OCCCCC)CCCCC1. The second-order valence-electron chi connectivity index (χ2n) is 12.1. The van der Waals surface area contributed by atoms with E-state index < -0.39 is 19.4 Å². The fourth-order valence-electron chi connectivity index (χ4n) is 6.14. The van der Waals surface area contributed by atoms with Crippen LogP contribution in [-0.2, 0) is 24.8 Å². The Balaban J connectivity index is 1.99. The summed E-state index contributed by atoms with van der Waals surface area (Å²) < 4.78 is 30.1. The minimum absolute atomic E-state index is 0.0836. The number of phosphoric acid groups is 1. The Bertz CT molecular complexity index is 1120. The number of esters is 1. The van der Waals surface area contributed by atoms with Crippen molar-refractivity contribution in [1.82, 2.24) is 0 Å². The van der Waals surface area contributed by atoms with Gasteiger partial charge in [-0.15, -0.1) is 0 Å². The first-order valence-corrected chi connectivity index (χ1v) is 17.1. The lowest BCUT2D eigenvalue weighted by molar-refractivity contribution is -0.157. The average molecular weight is 591 g/mol. The highest BCUT2D eigenvalue weighted by Crippen LogP contribution is 2.52. The first kappa shape index (κ1) is 33.6. The zero-order valence-corrected chi connectivity index (χ0v) is 26.5. The molecule has 0 amide bonds. The van der Waals surface area contributed by atoms with Crippen molar-refractivity contribution in [2.24, 2.45) is 5.92 Å². The maximum atomic E-state index is 14.0. The van der Waals surface area contributed by atoms with Gasteiger partial charge in [0.15, 0.2) is 5.60 Å². The lowest BCUT2D eigenvalue weighted by atomic mass is 9.73. The van der Waals surface area contributed by atoms with Gasteiger partial charge in [0.25, 0.3) is 0 Å². The van der Waals surface area contributed by atoms with E-state index in [1.807, 2.05) is 19.9 Å². The Hall–Kier alpha value is -1.92. The summed E-state index contributed by atoms with van der Waals surface area (Å²) in [6.45, 7) is 12.6. The van der Waals surface area contributed by atoms with Crippen LogP contribution in [0.25, 0.3) is 0 Å². The first-order valence-electron chi connectivity index (χ1n) is 15.6. The van der Waals surface area contributed by atoms with E-state index in [0.29, 0.717) is 24.8 Å². The molecule has 1 aromatic rings. The number of phosphoric ester groups is 1. The van der Waals surface area contributed by atoms with E-state index in [-0.39, 0.29) is 42.8 Å². The van der Waals surface area contributed by atoms with E-state index in [1.165, 1.54) is 5.57 Å². The molecule has 0 saturated heterocycles. The topological polar surface area (TPSA) is 102 Å². The first-order chi connectivity index (χ1) is 19.5. The summed E-state index contributed by atoms with van der Waals surface area (Å²) in [6.07, 6.45) is 13.0. The molecule has 0 heterocycles. The van der Waals surface area contributed by atoms with Crippen molar-refractivity contribution in [2.75, 3.05) is 6.61 Å². The summed E-state index contributed by atoms with van der Waals surface area (Å²) in [5.41, 5.74) is 2.07. The summed E-state index contributed by atoms with van der Waals surface area (Å²) in [5.74, 6) is -0.452. The second kappa shape index (κ2) is 15.5. The lowest BCUT2D eigenvalue weighted by Crippen LogP contribution is -2.45. The highest BCUT2D eigenvalue weighted by molar-refractivity contribution is 7.47. The second-order valence-corrected chi connectivity index (χ2v) is 13.4. The van der Waals surface area contributed by atoms with Gasteiger partial charge < -0.3 is 14.7 Å². The number of hydrogen-bond donors (Lipinski definition) is 2. The largest absolute Gasteiger partial charge is 0.507 e. The quantitative estimate of drug-likeness (QED) is 0.0690. The van der Waals surface area contributed by atoms with Gasteiger partial charge in [0, 0.05) is 11.5 Å². The molecule has 0 radical (unpaired) electrons. The predicted molar refractivity (Wildman–Crippen MR) is 163 cm³/mol. The fraction of sp³-hybridized carbons (Fsp3) is 0.667.